The van der Waals surface area contributed by atoms with E-state index in [0.717, 1.165) is 25.2 Å². The SMILES string of the molecule is Cc1cc(C)cc(CN2C[C@H](c3cccnc3)[C@]3(C2)OCCN(CC2CC2)C3=O)c1. The summed E-state index contributed by atoms with van der Waals surface area (Å²) in [6, 6.07) is 10.8. The standard InChI is InChI=1S/C25H31N3O2/c1-18-10-19(2)12-21(11-18)14-27-16-23(22-4-3-7-26-13-22)25(17-27)24(29)28(8-9-30-25)15-20-5-6-20/h3-4,7,10-13,20,23H,5-6,8-9,14-17H2,1-2H3/t23-,25+/m1/s1. The molecule has 3 heterocycles. The summed E-state index contributed by atoms with van der Waals surface area (Å²) in [5.74, 6) is 0.873. The number of aryl methyl sites for hydroxylation is 2. The van der Waals surface area contributed by atoms with Crippen molar-refractivity contribution in [3.63, 3.8) is 0 Å². The Kier molecular flexibility index (Phi) is 5.11. The molecular weight excluding hydrogens is 374 g/mol. The van der Waals surface area contributed by atoms with Crippen molar-refractivity contribution in [2.24, 2.45) is 5.92 Å². The van der Waals surface area contributed by atoms with Crippen molar-refractivity contribution >= 4 is 5.91 Å². The van der Waals surface area contributed by atoms with E-state index in [9.17, 15) is 4.79 Å². The molecule has 5 nitrogen and oxygen atoms in total. The van der Waals surface area contributed by atoms with E-state index in [1.54, 1.807) is 6.20 Å². The molecule has 5 rings (SSSR count). The highest BCUT2D eigenvalue weighted by Gasteiger charge is 2.57. The molecule has 1 aromatic heterocycles. The number of hydrogen-bond acceptors (Lipinski definition) is 4. The molecule has 158 valence electrons. The van der Waals surface area contributed by atoms with E-state index in [0.29, 0.717) is 25.6 Å². The predicted octanol–water partition coefficient (Wildman–Crippen LogP) is 3.31. The van der Waals surface area contributed by atoms with Gasteiger partial charge in [-0.3, -0.25) is 14.7 Å². The van der Waals surface area contributed by atoms with Crippen LogP contribution in [0.5, 0.6) is 0 Å². The first kappa shape index (κ1) is 19.7. The highest BCUT2D eigenvalue weighted by molar-refractivity contribution is 5.88. The zero-order valence-electron chi connectivity index (χ0n) is 18.0. The molecule has 1 aliphatic carbocycles. The van der Waals surface area contributed by atoms with Gasteiger partial charge in [0, 0.05) is 51.0 Å². The molecule has 30 heavy (non-hydrogen) atoms. The highest BCUT2D eigenvalue weighted by Crippen LogP contribution is 2.43. The maximum absolute atomic E-state index is 13.8. The molecule has 2 atom stereocenters. The summed E-state index contributed by atoms with van der Waals surface area (Å²) in [7, 11) is 0. The van der Waals surface area contributed by atoms with Crippen LogP contribution in [0.15, 0.2) is 42.7 Å². The van der Waals surface area contributed by atoms with Gasteiger partial charge in [-0.2, -0.15) is 0 Å². The third-order valence-corrected chi connectivity index (χ3v) is 6.78. The van der Waals surface area contributed by atoms with Gasteiger partial charge in [0.2, 0.25) is 0 Å². The number of likely N-dealkylation sites (tertiary alicyclic amines) is 1. The van der Waals surface area contributed by atoms with Gasteiger partial charge in [-0.15, -0.1) is 0 Å². The molecule has 5 heteroatoms. The number of morpholine rings is 1. The third kappa shape index (κ3) is 3.77. The number of rotatable bonds is 5. The van der Waals surface area contributed by atoms with E-state index >= 15 is 0 Å². The Bertz CT molecular complexity index is 907. The number of aromatic nitrogens is 1. The van der Waals surface area contributed by atoms with Gasteiger partial charge in [-0.1, -0.05) is 35.4 Å². The van der Waals surface area contributed by atoms with Crippen molar-refractivity contribution in [1.82, 2.24) is 14.8 Å². The van der Waals surface area contributed by atoms with Crippen molar-refractivity contribution in [3.05, 3.63) is 65.0 Å². The lowest BCUT2D eigenvalue weighted by atomic mass is 9.83. The summed E-state index contributed by atoms with van der Waals surface area (Å²) in [6.45, 7) is 8.79. The van der Waals surface area contributed by atoms with Gasteiger partial charge < -0.3 is 9.64 Å². The second kappa shape index (κ2) is 7.78. The number of hydrogen-bond donors (Lipinski definition) is 0. The lowest BCUT2D eigenvalue weighted by molar-refractivity contribution is -0.172. The van der Waals surface area contributed by atoms with Crippen LogP contribution in [-0.4, -0.2) is 59.1 Å². The smallest absolute Gasteiger partial charge is 0.256 e. The quantitative estimate of drug-likeness (QED) is 0.766. The minimum absolute atomic E-state index is 0.00612. The van der Waals surface area contributed by atoms with Crippen LogP contribution in [0.1, 0.15) is 41.0 Å². The van der Waals surface area contributed by atoms with Crippen LogP contribution in [0.2, 0.25) is 0 Å². The fraction of sp³-hybridized carbons (Fsp3) is 0.520. The Hall–Kier alpha value is -2.24. The molecule has 2 aliphatic heterocycles. The Labute approximate surface area is 179 Å². The van der Waals surface area contributed by atoms with E-state index in [-0.39, 0.29) is 11.8 Å². The summed E-state index contributed by atoms with van der Waals surface area (Å²) in [6.07, 6.45) is 6.20. The van der Waals surface area contributed by atoms with E-state index < -0.39 is 5.60 Å². The summed E-state index contributed by atoms with van der Waals surface area (Å²) in [5, 5.41) is 0. The molecule has 0 unspecified atom stereocenters. The molecule has 2 aromatic rings. The average molecular weight is 406 g/mol. The fourth-order valence-electron chi connectivity index (χ4n) is 5.33. The zero-order valence-corrected chi connectivity index (χ0v) is 18.0. The second-order valence-corrected chi connectivity index (χ2v) is 9.44. The first-order chi connectivity index (χ1) is 14.5. The van der Waals surface area contributed by atoms with Crippen LogP contribution in [-0.2, 0) is 16.1 Å². The topological polar surface area (TPSA) is 45.7 Å². The Morgan fingerprint density at radius 3 is 2.70 bits per heavy atom. The third-order valence-electron chi connectivity index (χ3n) is 6.78. The minimum atomic E-state index is -0.797. The molecule has 3 aliphatic rings. The molecule has 1 aromatic carbocycles. The minimum Gasteiger partial charge on any atom is -0.361 e. The van der Waals surface area contributed by atoms with E-state index in [1.165, 1.54) is 29.5 Å². The molecular formula is C25H31N3O2. The van der Waals surface area contributed by atoms with Gasteiger partial charge in [-0.25, -0.2) is 0 Å². The Morgan fingerprint density at radius 1 is 1.20 bits per heavy atom. The molecule has 1 amide bonds. The van der Waals surface area contributed by atoms with Crippen LogP contribution < -0.4 is 0 Å². The summed E-state index contributed by atoms with van der Waals surface area (Å²) in [5.41, 5.74) is 4.16. The average Bonchev–Trinajstić information content (AvgIpc) is 3.46. The van der Waals surface area contributed by atoms with Crippen LogP contribution in [0.4, 0.5) is 0 Å². The van der Waals surface area contributed by atoms with Crippen molar-refractivity contribution in [2.45, 2.75) is 44.8 Å². The van der Waals surface area contributed by atoms with Crippen molar-refractivity contribution in [1.29, 1.82) is 0 Å². The number of amides is 1. The normalized spacial score (nSPS) is 27.2. The second-order valence-electron chi connectivity index (χ2n) is 9.44. The van der Waals surface area contributed by atoms with E-state index in [2.05, 4.69) is 52.9 Å². The number of nitrogens with zero attached hydrogens (tertiary/aromatic N) is 3. The summed E-state index contributed by atoms with van der Waals surface area (Å²) >= 11 is 0. The molecule has 0 radical (unpaired) electrons. The van der Waals surface area contributed by atoms with Crippen LogP contribution in [0, 0.1) is 19.8 Å². The molecule has 1 saturated carbocycles. The number of carbonyl (C=O) groups is 1. The molecule has 2 saturated heterocycles. The van der Waals surface area contributed by atoms with Gasteiger partial charge in [0.25, 0.3) is 5.91 Å². The van der Waals surface area contributed by atoms with Crippen LogP contribution >= 0.6 is 0 Å². The van der Waals surface area contributed by atoms with Crippen LogP contribution in [0.25, 0.3) is 0 Å². The lowest BCUT2D eigenvalue weighted by Crippen LogP contribution is -2.60. The van der Waals surface area contributed by atoms with Crippen molar-refractivity contribution in [3.8, 4) is 0 Å². The van der Waals surface area contributed by atoms with E-state index in [1.807, 2.05) is 12.3 Å². The number of ether oxygens (including phenoxy) is 1. The van der Waals surface area contributed by atoms with E-state index in [4.69, 9.17) is 4.74 Å². The predicted molar refractivity (Wildman–Crippen MR) is 116 cm³/mol. The van der Waals surface area contributed by atoms with Gasteiger partial charge in [0.15, 0.2) is 5.60 Å². The Balaban J connectivity index is 1.45. The largest absolute Gasteiger partial charge is 0.361 e. The lowest BCUT2D eigenvalue weighted by Gasteiger charge is -2.42. The highest BCUT2D eigenvalue weighted by atomic mass is 16.5. The summed E-state index contributed by atoms with van der Waals surface area (Å²) < 4.78 is 6.39. The van der Waals surface area contributed by atoms with Crippen molar-refractivity contribution < 1.29 is 9.53 Å². The van der Waals surface area contributed by atoms with Crippen LogP contribution in [0.3, 0.4) is 0 Å². The maximum Gasteiger partial charge on any atom is 0.256 e. The monoisotopic (exact) mass is 405 g/mol. The van der Waals surface area contributed by atoms with Gasteiger partial charge in [0.1, 0.15) is 0 Å². The molecule has 0 bridgehead atoms. The first-order valence-electron chi connectivity index (χ1n) is 11.2. The molecule has 0 N–H and O–H groups in total. The van der Waals surface area contributed by atoms with Gasteiger partial charge >= 0.3 is 0 Å². The molecule has 1 spiro atoms. The number of pyridine rings is 1. The number of benzene rings is 1. The summed E-state index contributed by atoms with van der Waals surface area (Å²) in [4.78, 5) is 22.6. The maximum atomic E-state index is 13.8. The first-order valence-corrected chi connectivity index (χ1v) is 11.2. The number of carbonyl (C=O) groups excluding carboxylic acids is 1. The molecule has 3 fully saturated rings. The Morgan fingerprint density at radius 2 is 2.00 bits per heavy atom. The van der Waals surface area contributed by atoms with Crippen molar-refractivity contribution in [2.75, 3.05) is 32.8 Å². The van der Waals surface area contributed by atoms with Gasteiger partial charge in [-0.05, 0) is 49.8 Å². The fourth-order valence-corrected chi connectivity index (χ4v) is 5.33. The zero-order chi connectivity index (χ0) is 20.7. The van der Waals surface area contributed by atoms with Gasteiger partial charge in [0.05, 0.1) is 6.61 Å².